The van der Waals surface area contributed by atoms with E-state index in [1.807, 2.05) is 0 Å². The molecule has 0 fully saturated rings. The molecule has 324 valence electrons. The predicted molar refractivity (Wildman–Crippen MR) is 212 cm³/mol. The van der Waals surface area contributed by atoms with E-state index in [0.717, 1.165) is 24.3 Å². The van der Waals surface area contributed by atoms with Crippen LogP contribution in [0.3, 0.4) is 0 Å². The minimum absolute atomic E-state index is 0.140. The molecular formula is C43H38F6N6O7. The molecule has 0 amide bonds. The van der Waals surface area contributed by atoms with Crippen LogP contribution in [0.15, 0.2) is 122 Å². The average Bonchev–Trinajstić information content (AvgIpc) is 3.90. The normalized spacial score (nSPS) is 13.3. The summed E-state index contributed by atoms with van der Waals surface area (Å²) in [6, 6.07) is 23.2. The van der Waals surface area contributed by atoms with Crippen molar-refractivity contribution in [2.75, 3.05) is 0 Å². The third-order valence-electron chi connectivity index (χ3n) is 10.1. The Hall–Kier alpha value is -7.05. The molecule has 0 saturated heterocycles. The summed E-state index contributed by atoms with van der Waals surface area (Å²) in [5.41, 5.74) is -1.66. The Labute approximate surface area is 349 Å². The highest BCUT2D eigenvalue weighted by molar-refractivity contribution is 5.62. The van der Waals surface area contributed by atoms with Crippen LogP contribution in [0.25, 0.3) is 22.5 Å². The number of nitrogens with zero attached hydrogens (tertiary/aromatic N) is 6. The maximum atomic E-state index is 14.2. The SMILES string of the molecule is CC(C)(Cc1ccc([N+](=O)[O-])cc1)[C@H](OC(=O)O[C@H](n1ccc(-c2ccc(C(F)(F)F)cc2)n1)C(C)(C)Cc1ccc([N+](=O)[O-])cc1)n1ccc(-c2ccc(C(F)(F)F)cc2)n1. The third kappa shape index (κ3) is 10.4. The Morgan fingerprint density at radius 1 is 0.565 bits per heavy atom. The monoisotopic (exact) mass is 864 g/mol. The third-order valence-corrected chi connectivity index (χ3v) is 10.1. The van der Waals surface area contributed by atoms with Gasteiger partial charge in [-0.25, -0.2) is 14.2 Å². The average molecular weight is 865 g/mol. The summed E-state index contributed by atoms with van der Waals surface area (Å²) in [4.78, 5) is 35.7. The van der Waals surface area contributed by atoms with Gasteiger partial charge in [0, 0.05) is 58.6 Å². The van der Waals surface area contributed by atoms with Crippen molar-refractivity contribution in [3.05, 3.63) is 164 Å². The molecule has 62 heavy (non-hydrogen) atoms. The summed E-state index contributed by atoms with van der Waals surface area (Å²) < 4.78 is 94.6. The second kappa shape index (κ2) is 17.1. The van der Waals surface area contributed by atoms with Crippen molar-refractivity contribution in [1.29, 1.82) is 0 Å². The molecule has 0 aliphatic carbocycles. The number of hydrogen-bond donors (Lipinski definition) is 0. The largest absolute Gasteiger partial charge is 0.512 e. The Morgan fingerprint density at radius 3 is 1.18 bits per heavy atom. The molecule has 0 saturated carbocycles. The van der Waals surface area contributed by atoms with Crippen molar-refractivity contribution in [3.8, 4) is 22.5 Å². The smallest absolute Gasteiger partial charge is 0.408 e. The summed E-state index contributed by atoms with van der Waals surface area (Å²) in [5.74, 6) is 0. The van der Waals surface area contributed by atoms with Gasteiger partial charge in [-0.15, -0.1) is 0 Å². The highest BCUT2D eigenvalue weighted by atomic mass is 19.4. The van der Waals surface area contributed by atoms with E-state index >= 15 is 0 Å². The van der Waals surface area contributed by atoms with Gasteiger partial charge in [0.25, 0.3) is 11.4 Å². The molecule has 4 aromatic carbocycles. The second-order valence-electron chi connectivity index (χ2n) is 15.9. The van der Waals surface area contributed by atoms with Crippen molar-refractivity contribution >= 4 is 17.5 Å². The topological polar surface area (TPSA) is 157 Å². The van der Waals surface area contributed by atoms with Crippen LogP contribution in [-0.4, -0.2) is 35.6 Å². The first-order chi connectivity index (χ1) is 29.0. The van der Waals surface area contributed by atoms with Crippen LogP contribution >= 0.6 is 0 Å². The van der Waals surface area contributed by atoms with Crippen LogP contribution in [0.2, 0.25) is 0 Å². The van der Waals surface area contributed by atoms with Crippen LogP contribution in [0.5, 0.6) is 0 Å². The van der Waals surface area contributed by atoms with Crippen LogP contribution in [0.4, 0.5) is 42.5 Å². The van der Waals surface area contributed by atoms with Gasteiger partial charge in [0.1, 0.15) is 0 Å². The molecule has 6 rings (SSSR count). The number of benzene rings is 4. The second-order valence-corrected chi connectivity index (χ2v) is 15.9. The number of nitro benzene ring substituents is 2. The number of nitro groups is 2. The lowest BCUT2D eigenvalue weighted by atomic mass is 9.83. The number of alkyl halides is 6. The van der Waals surface area contributed by atoms with Gasteiger partial charge in [-0.3, -0.25) is 20.2 Å². The first-order valence-corrected chi connectivity index (χ1v) is 18.8. The Kier molecular flexibility index (Phi) is 12.3. The van der Waals surface area contributed by atoms with Gasteiger partial charge in [0.15, 0.2) is 0 Å². The quantitative estimate of drug-likeness (QED) is 0.0450. The molecule has 0 aliphatic heterocycles. The van der Waals surface area contributed by atoms with Crippen molar-refractivity contribution in [2.45, 2.75) is 65.3 Å². The lowest BCUT2D eigenvalue weighted by Gasteiger charge is -2.36. The zero-order chi connectivity index (χ0) is 45.2. The molecular weight excluding hydrogens is 826 g/mol. The Morgan fingerprint density at radius 2 is 0.887 bits per heavy atom. The van der Waals surface area contributed by atoms with Gasteiger partial charge >= 0.3 is 18.5 Å². The van der Waals surface area contributed by atoms with Gasteiger partial charge in [-0.2, -0.15) is 36.5 Å². The molecule has 0 spiro atoms. The zero-order valence-corrected chi connectivity index (χ0v) is 33.4. The fraction of sp³-hybridized carbons (Fsp3) is 0.279. The van der Waals surface area contributed by atoms with E-state index in [-0.39, 0.29) is 35.6 Å². The van der Waals surface area contributed by atoms with Gasteiger partial charge in [-0.05, 0) is 60.4 Å². The van der Waals surface area contributed by atoms with E-state index in [4.69, 9.17) is 9.47 Å². The molecule has 6 aromatic rings. The van der Waals surface area contributed by atoms with Gasteiger partial charge < -0.3 is 9.47 Å². The molecule has 2 aromatic heterocycles. The zero-order valence-electron chi connectivity index (χ0n) is 33.4. The van der Waals surface area contributed by atoms with Crippen LogP contribution in [0.1, 0.15) is 62.4 Å². The van der Waals surface area contributed by atoms with Crippen LogP contribution in [0, 0.1) is 31.1 Å². The van der Waals surface area contributed by atoms with Gasteiger partial charge in [0.05, 0.1) is 32.4 Å². The molecule has 0 aliphatic rings. The minimum atomic E-state index is -4.56. The van der Waals surface area contributed by atoms with E-state index in [2.05, 4.69) is 10.2 Å². The lowest BCUT2D eigenvalue weighted by Crippen LogP contribution is -2.37. The number of rotatable bonds is 14. The van der Waals surface area contributed by atoms with E-state index in [1.54, 1.807) is 52.0 Å². The first-order valence-electron chi connectivity index (χ1n) is 18.8. The number of halogens is 6. The maximum absolute atomic E-state index is 14.2. The molecule has 19 heteroatoms. The molecule has 0 bridgehead atoms. The number of ether oxygens (including phenoxy) is 2. The number of carbonyl (C=O) groups excluding carboxylic acids is 1. The van der Waals surface area contributed by atoms with Gasteiger partial charge in [-0.1, -0.05) is 76.2 Å². The number of non-ortho nitro benzene ring substituents is 2. The highest BCUT2D eigenvalue weighted by Gasteiger charge is 2.40. The summed E-state index contributed by atoms with van der Waals surface area (Å²) in [6.45, 7) is 6.97. The maximum Gasteiger partial charge on any atom is 0.512 e. The summed E-state index contributed by atoms with van der Waals surface area (Å²) >= 11 is 0. The fourth-order valence-electron chi connectivity index (χ4n) is 6.96. The molecule has 13 nitrogen and oxygen atoms in total. The summed E-state index contributed by atoms with van der Waals surface area (Å²) in [7, 11) is 0. The number of carbonyl (C=O) groups is 1. The van der Waals surface area contributed by atoms with E-state index in [0.29, 0.717) is 22.3 Å². The summed E-state index contributed by atoms with van der Waals surface area (Å²) in [6.07, 6.45) is -9.59. The Balaban J connectivity index is 1.34. The van der Waals surface area contributed by atoms with Crippen LogP contribution in [-0.2, 0) is 34.7 Å². The van der Waals surface area contributed by atoms with E-state index in [9.17, 15) is 51.4 Å². The van der Waals surface area contributed by atoms with Crippen LogP contribution < -0.4 is 0 Å². The summed E-state index contributed by atoms with van der Waals surface area (Å²) in [5, 5.41) is 31.8. The molecule has 2 heterocycles. The van der Waals surface area contributed by atoms with E-state index < -0.39 is 62.8 Å². The fourth-order valence-corrected chi connectivity index (χ4v) is 6.96. The van der Waals surface area contributed by atoms with Crippen molar-refractivity contribution in [1.82, 2.24) is 19.6 Å². The molecule has 2 atom stereocenters. The molecule has 0 N–H and O–H groups in total. The standard InChI is InChI=1S/C43H38F6N6O7/c1-40(2,25-27-5-17-33(18-6-27)54(57)58)37(52-23-21-35(50-52)29-9-13-31(14-10-29)42(44,45)46)61-39(56)62-38(41(3,4)26-28-7-19-34(20-8-28)55(59)60)53-24-22-36(51-53)30-11-15-32(16-12-30)43(47,48)49/h5-24,37-38H,25-26H2,1-4H3/t37-,38-/m0/s1. The van der Waals surface area contributed by atoms with Crippen molar-refractivity contribution in [2.24, 2.45) is 10.8 Å². The minimum Gasteiger partial charge on any atom is -0.408 e. The predicted octanol–water partition coefficient (Wildman–Crippen LogP) is 11.7. The van der Waals surface area contributed by atoms with Crippen molar-refractivity contribution in [3.63, 3.8) is 0 Å². The highest BCUT2D eigenvalue weighted by Crippen LogP contribution is 2.41. The molecule has 0 unspecified atom stereocenters. The first kappa shape index (κ1) is 44.5. The van der Waals surface area contributed by atoms with Crippen molar-refractivity contribution < 1.29 is 50.5 Å². The molecule has 0 radical (unpaired) electrons. The van der Waals surface area contributed by atoms with E-state index in [1.165, 1.54) is 82.4 Å². The number of hydrogen-bond acceptors (Lipinski definition) is 9. The number of aromatic nitrogens is 4. The lowest BCUT2D eigenvalue weighted by molar-refractivity contribution is -0.385. The van der Waals surface area contributed by atoms with Gasteiger partial charge in [0.2, 0.25) is 12.5 Å². The Bertz CT molecular complexity index is 2360.